The summed E-state index contributed by atoms with van der Waals surface area (Å²) in [5, 5.41) is 0. The van der Waals surface area contributed by atoms with E-state index in [1.54, 1.807) is 0 Å². The summed E-state index contributed by atoms with van der Waals surface area (Å²) in [7, 11) is 2.20. The summed E-state index contributed by atoms with van der Waals surface area (Å²) in [6.07, 6.45) is 23.0. The van der Waals surface area contributed by atoms with E-state index in [1.165, 1.54) is 121 Å². The highest BCUT2D eigenvalue weighted by molar-refractivity contribution is 5.75. The van der Waals surface area contributed by atoms with Crippen molar-refractivity contribution >= 4 is 11.4 Å². The van der Waals surface area contributed by atoms with Crippen LogP contribution in [0, 0.1) is 0 Å². The summed E-state index contributed by atoms with van der Waals surface area (Å²) in [5.41, 5.74) is 2.81. The van der Waals surface area contributed by atoms with Gasteiger partial charge in [0.25, 0.3) is 0 Å². The minimum Gasteiger partial charge on any atom is -0.355 e. The van der Waals surface area contributed by atoms with Gasteiger partial charge in [0.05, 0.1) is 18.0 Å². The van der Waals surface area contributed by atoms with Crippen molar-refractivity contribution in [3.8, 4) is 0 Å². The minimum atomic E-state index is 1.05. The van der Waals surface area contributed by atoms with Gasteiger partial charge in [-0.2, -0.15) is 0 Å². The molecule has 0 fully saturated rings. The third kappa shape index (κ3) is 8.88. The summed E-state index contributed by atoms with van der Waals surface area (Å²) in [4.78, 5) is 4.90. The molecule has 1 aliphatic heterocycles. The molecule has 0 unspecified atom stereocenters. The topological polar surface area (TPSA) is 6.48 Å². The highest BCUT2D eigenvalue weighted by atomic mass is 15.4. The molecule has 0 aromatic heterocycles. The number of anilines is 2. The standard InChI is InChI=1S/C26H46N2/c1-3-4-5-6-7-8-9-10-11-12-13-14-15-16-17-20-23-28-24-27(2)25-21-18-19-22-26(25)28/h18-19,21-22H,3-17,20,23-24H2,1-2H3. The molecule has 2 heteroatoms. The Bertz CT molecular complexity index is 499. The van der Waals surface area contributed by atoms with Crippen LogP contribution in [0.3, 0.4) is 0 Å². The second kappa shape index (κ2) is 14.8. The van der Waals surface area contributed by atoms with Gasteiger partial charge in [0, 0.05) is 13.6 Å². The van der Waals surface area contributed by atoms with Crippen molar-refractivity contribution in [2.75, 3.05) is 30.1 Å². The molecule has 160 valence electrons. The molecule has 1 heterocycles. The van der Waals surface area contributed by atoms with Crippen molar-refractivity contribution in [2.45, 2.75) is 110 Å². The third-order valence-corrected chi connectivity index (χ3v) is 6.30. The average molecular weight is 387 g/mol. The SMILES string of the molecule is CCCCCCCCCCCCCCCCCCN1CN(C)c2ccccc21. The van der Waals surface area contributed by atoms with E-state index in [0.29, 0.717) is 0 Å². The quantitative estimate of drug-likeness (QED) is 0.249. The van der Waals surface area contributed by atoms with Gasteiger partial charge in [-0.3, -0.25) is 0 Å². The Hall–Kier alpha value is -1.18. The van der Waals surface area contributed by atoms with E-state index < -0.39 is 0 Å². The Morgan fingerprint density at radius 2 is 1.04 bits per heavy atom. The van der Waals surface area contributed by atoms with Crippen LogP contribution in [0.25, 0.3) is 0 Å². The van der Waals surface area contributed by atoms with Crippen LogP contribution >= 0.6 is 0 Å². The molecule has 0 atom stereocenters. The minimum absolute atomic E-state index is 1.05. The van der Waals surface area contributed by atoms with Gasteiger partial charge >= 0.3 is 0 Å². The fourth-order valence-electron chi connectivity index (χ4n) is 4.50. The van der Waals surface area contributed by atoms with Gasteiger partial charge in [-0.25, -0.2) is 0 Å². The Balaban J connectivity index is 1.34. The number of fused-ring (bicyclic) bond motifs is 1. The maximum atomic E-state index is 2.54. The van der Waals surface area contributed by atoms with Crippen molar-refractivity contribution in [3.05, 3.63) is 24.3 Å². The molecular formula is C26H46N2. The van der Waals surface area contributed by atoms with Gasteiger partial charge in [-0.15, -0.1) is 0 Å². The summed E-state index contributed by atoms with van der Waals surface area (Å²) >= 11 is 0. The molecule has 0 saturated carbocycles. The average Bonchev–Trinajstić information content (AvgIpc) is 3.04. The van der Waals surface area contributed by atoms with E-state index in [-0.39, 0.29) is 0 Å². The largest absolute Gasteiger partial charge is 0.355 e. The lowest BCUT2D eigenvalue weighted by Gasteiger charge is -2.19. The van der Waals surface area contributed by atoms with Gasteiger partial charge in [0.1, 0.15) is 0 Å². The predicted octanol–water partition coefficient (Wildman–Crippen LogP) is 8.16. The number of nitrogens with zero attached hydrogens (tertiary/aromatic N) is 2. The van der Waals surface area contributed by atoms with Crippen LogP contribution in [-0.2, 0) is 0 Å². The van der Waals surface area contributed by atoms with E-state index >= 15 is 0 Å². The number of para-hydroxylation sites is 2. The Labute approximate surface area is 175 Å². The summed E-state index contributed by atoms with van der Waals surface area (Å²) in [6, 6.07) is 8.82. The van der Waals surface area contributed by atoms with Crippen molar-refractivity contribution in [1.82, 2.24) is 0 Å². The molecule has 0 bridgehead atoms. The predicted molar refractivity (Wildman–Crippen MR) is 127 cm³/mol. The molecule has 1 aliphatic rings. The molecule has 0 N–H and O–H groups in total. The van der Waals surface area contributed by atoms with Crippen LogP contribution in [0.15, 0.2) is 24.3 Å². The van der Waals surface area contributed by atoms with Crippen molar-refractivity contribution in [3.63, 3.8) is 0 Å². The lowest BCUT2D eigenvalue weighted by molar-refractivity contribution is 0.529. The monoisotopic (exact) mass is 386 g/mol. The van der Waals surface area contributed by atoms with E-state index in [9.17, 15) is 0 Å². The fraction of sp³-hybridized carbons (Fsp3) is 0.769. The third-order valence-electron chi connectivity index (χ3n) is 6.30. The zero-order valence-corrected chi connectivity index (χ0v) is 18.9. The van der Waals surface area contributed by atoms with Crippen molar-refractivity contribution in [2.24, 2.45) is 0 Å². The molecule has 1 aromatic carbocycles. The Kier molecular flexibility index (Phi) is 12.2. The molecule has 1 aromatic rings. The van der Waals surface area contributed by atoms with Gasteiger partial charge in [0.2, 0.25) is 0 Å². The highest BCUT2D eigenvalue weighted by Crippen LogP contribution is 2.34. The van der Waals surface area contributed by atoms with Gasteiger partial charge in [-0.05, 0) is 18.6 Å². The van der Waals surface area contributed by atoms with Crippen LogP contribution in [0.2, 0.25) is 0 Å². The Morgan fingerprint density at radius 1 is 0.607 bits per heavy atom. The van der Waals surface area contributed by atoms with Crippen LogP contribution in [0.1, 0.15) is 110 Å². The Morgan fingerprint density at radius 3 is 1.54 bits per heavy atom. The lowest BCUT2D eigenvalue weighted by Crippen LogP contribution is -2.28. The van der Waals surface area contributed by atoms with Crippen LogP contribution in [-0.4, -0.2) is 20.3 Å². The van der Waals surface area contributed by atoms with Gasteiger partial charge in [-0.1, -0.05) is 115 Å². The normalized spacial score (nSPS) is 13.4. The first-order valence-corrected chi connectivity index (χ1v) is 12.4. The molecule has 0 saturated heterocycles. The molecular weight excluding hydrogens is 340 g/mol. The number of rotatable bonds is 17. The first kappa shape index (κ1) is 23.1. The van der Waals surface area contributed by atoms with Crippen LogP contribution < -0.4 is 9.80 Å². The number of hydrogen-bond donors (Lipinski definition) is 0. The van der Waals surface area contributed by atoms with Gasteiger partial charge < -0.3 is 9.80 Å². The van der Waals surface area contributed by atoms with E-state index in [1.807, 2.05) is 0 Å². The molecule has 0 amide bonds. The smallest absolute Gasteiger partial charge is 0.0901 e. The van der Waals surface area contributed by atoms with Crippen molar-refractivity contribution < 1.29 is 0 Å². The second-order valence-corrected chi connectivity index (χ2v) is 8.89. The molecule has 0 radical (unpaired) electrons. The zero-order valence-electron chi connectivity index (χ0n) is 18.9. The molecule has 2 rings (SSSR count). The van der Waals surface area contributed by atoms with Gasteiger partial charge in [0.15, 0.2) is 0 Å². The highest BCUT2D eigenvalue weighted by Gasteiger charge is 2.21. The molecule has 28 heavy (non-hydrogen) atoms. The maximum Gasteiger partial charge on any atom is 0.0901 e. The number of benzene rings is 1. The zero-order chi connectivity index (χ0) is 19.9. The second-order valence-electron chi connectivity index (χ2n) is 8.89. The summed E-state index contributed by atoms with van der Waals surface area (Å²) in [6.45, 7) is 4.56. The number of hydrogen-bond acceptors (Lipinski definition) is 2. The fourth-order valence-corrected chi connectivity index (χ4v) is 4.50. The number of unbranched alkanes of at least 4 members (excludes halogenated alkanes) is 15. The maximum absolute atomic E-state index is 2.54. The van der Waals surface area contributed by atoms with E-state index in [0.717, 1.165) is 6.67 Å². The van der Waals surface area contributed by atoms with Crippen LogP contribution in [0.5, 0.6) is 0 Å². The van der Waals surface area contributed by atoms with Crippen molar-refractivity contribution in [1.29, 1.82) is 0 Å². The first-order valence-electron chi connectivity index (χ1n) is 12.4. The first-order chi connectivity index (χ1) is 13.8. The van der Waals surface area contributed by atoms with E-state index in [4.69, 9.17) is 0 Å². The molecule has 0 aliphatic carbocycles. The van der Waals surface area contributed by atoms with Crippen LogP contribution in [0.4, 0.5) is 11.4 Å². The molecule has 0 spiro atoms. The van der Waals surface area contributed by atoms with E-state index in [2.05, 4.69) is 48.0 Å². The summed E-state index contributed by atoms with van der Waals surface area (Å²) < 4.78 is 0. The summed E-state index contributed by atoms with van der Waals surface area (Å²) in [5.74, 6) is 0. The lowest BCUT2D eigenvalue weighted by atomic mass is 10.0. The molecule has 2 nitrogen and oxygen atoms in total.